The fraction of sp³-hybridized carbons (Fsp3) is 0.333. The fourth-order valence-corrected chi connectivity index (χ4v) is 3.55. The summed E-state index contributed by atoms with van der Waals surface area (Å²) in [5.41, 5.74) is -0.159. The molecular formula is C15H15ClN4O3S. The maximum atomic E-state index is 12.5. The van der Waals surface area contributed by atoms with Crippen molar-refractivity contribution < 1.29 is 9.59 Å². The molecular weight excluding hydrogens is 352 g/mol. The molecule has 1 aliphatic heterocycles. The van der Waals surface area contributed by atoms with Crippen LogP contribution in [-0.2, 0) is 0 Å². The van der Waals surface area contributed by atoms with E-state index < -0.39 is 0 Å². The van der Waals surface area contributed by atoms with Crippen molar-refractivity contribution in [3.63, 3.8) is 0 Å². The second-order valence-corrected chi connectivity index (χ2v) is 7.06. The van der Waals surface area contributed by atoms with E-state index in [4.69, 9.17) is 11.6 Å². The molecule has 0 aromatic carbocycles. The predicted molar refractivity (Wildman–Crippen MR) is 90.6 cm³/mol. The van der Waals surface area contributed by atoms with E-state index in [1.165, 1.54) is 23.5 Å². The number of aromatic amines is 1. The van der Waals surface area contributed by atoms with Crippen molar-refractivity contribution >= 4 is 34.8 Å². The first-order valence-corrected chi connectivity index (χ1v) is 8.63. The lowest BCUT2D eigenvalue weighted by atomic mass is 10.3. The molecule has 1 saturated heterocycles. The third-order valence-electron chi connectivity index (χ3n) is 3.75. The molecule has 2 aromatic heterocycles. The van der Waals surface area contributed by atoms with Crippen LogP contribution in [-0.4, -0.2) is 58.0 Å². The van der Waals surface area contributed by atoms with Gasteiger partial charge in [-0.25, -0.2) is 5.10 Å². The lowest BCUT2D eigenvalue weighted by Crippen LogP contribution is -2.37. The lowest BCUT2D eigenvalue weighted by Gasteiger charge is -2.21. The van der Waals surface area contributed by atoms with Crippen LogP contribution >= 0.6 is 22.9 Å². The largest absolute Gasteiger partial charge is 0.336 e. The molecule has 0 radical (unpaired) electrons. The van der Waals surface area contributed by atoms with Crippen LogP contribution in [0.4, 0.5) is 0 Å². The first-order chi connectivity index (χ1) is 11.5. The number of carbonyl (C=O) groups excluding carboxylic acids is 2. The van der Waals surface area contributed by atoms with Gasteiger partial charge in [-0.2, -0.15) is 5.10 Å². The van der Waals surface area contributed by atoms with Gasteiger partial charge in [0.05, 0.1) is 9.21 Å². The second-order valence-electron chi connectivity index (χ2n) is 5.35. The molecule has 1 N–H and O–H groups in total. The normalized spacial score (nSPS) is 15.2. The average Bonchev–Trinajstić information content (AvgIpc) is 2.87. The van der Waals surface area contributed by atoms with Crippen LogP contribution in [0.5, 0.6) is 0 Å². The van der Waals surface area contributed by atoms with Crippen LogP contribution in [0.15, 0.2) is 29.1 Å². The molecule has 0 spiro atoms. The number of aromatic nitrogens is 2. The van der Waals surface area contributed by atoms with Crippen LogP contribution in [0.2, 0.25) is 4.34 Å². The van der Waals surface area contributed by atoms with E-state index in [0.717, 1.165) is 0 Å². The number of thiophene rings is 1. The molecule has 0 bridgehead atoms. The Morgan fingerprint density at radius 2 is 1.75 bits per heavy atom. The van der Waals surface area contributed by atoms with Crippen molar-refractivity contribution in [2.75, 3.05) is 26.2 Å². The van der Waals surface area contributed by atoms with Crippen molar-refractivity contribution in [1.29, 1.82) is 0 Å². The van der Waals surface area contributed by atoms with E-state index >= 15 is 0 Å². The van der Waals surface area contributed by atoms with E-state index in [2.05, 4.69) is 10.2 Å². The monoisotopic (exact) mass is 366 g/mol. The summed E-state index contributed by atoms with van der Waals surface area (Å²) in [6, 6.07) is 6.10. The quantitative estimate of drug-likeness (QED) is 0.872. The van der Waals surface area contributed by atoms with Gasteiger partial charge in [-0.1, -0.05) is 11.6 Å². The summed E-state index contributed by atoms with van der Waals surface area (Å²) in [7, 11) is 0. The number of hydrogen-bond donors (Lipinski definition) is 1. The molecule has 0 unspecified atom stereocenters. The molecule has 0 aliphatic carbocycles. The van der Waals surface area contributed by atoms with Crippen LogP contribution in [0.1, 0.15) is 26.6 Å². The minimum absolute atomic E-state index is 0.0663. The Kier molecular flexibility index (Phi) is 4.96. The van der Waals surface area contributed by atoms with Crippen molar-refractivity contribution in [1.82, 2.24) is 20.0 Å². The number of amides is 2. The Hall–Kier alpha value is -2.19. The Labute approximate surface area is 146 Å². The van der Waals surface area contributed by atoms with Gasteiger partial charge in [0.2, 0.25) is 0 Å². The highest BCUT2D eigenvalue weighted by Crippen LogP contribution is 2.23. The lowest BCUT2D eigenvalue weighted by molar-refractivity contribution is 0.0717. The molecule has 1 fully saturated rings. The van der Waals surface area contributed by atoms with E-state index in [0.29, 0.717) is 41.8 Å². The molecule has 2 amide bonds. The van der Waals surface area contributed by atoms with Gasteiger partial charge in [0, 0.05) is 32.2 Å². The number of hydrogen-bond acceptors (Lipinski definition) is 5. The SMILES string of the molecule is O=C(c1ccc(=O)[nH]n1)N1CCCN(C(=O)c2ccc(Cl)s2)CC1. The highest BCUT2D eigenvalue weighted by molar-refractivity contribution is 7.17. The molecule has 2 aromatic rings. The number of halogens is 1. The maximum absolute atomic E-state index is 12.5. The zero-order valence-corrected chi connectivity index (χ0v) is 14.3. The van der Waals surface area contributed by atoms with Crippen LogP contribution in [0.3, 0.4) is 0 Å². The zero-order chi connectivity index (χ0) is 17.1. The maximum Gasteiger partial charge on any atom is 0.274 e. The van der Waals surface area contributed by atoms with Gasteiger partial charge in [-0.15, -0.1) is 11.3 Å². The third-order valence-corrected chi connectivity index (χ3v) is 4.97. The summed E-state index contributed by atoms with van der Waals surface area (Å²) in [6.07, 6.45) is 0.680. The van der Waals surface area contributed by atoms with E-state index in [1.807, 2.05) is 0 Å². The minimum atomic E-state index is -0.353. The summed E-state index contributed by atoms with van der Waals surface area (Å²) in [5, 5.41) is 6.02. The van der Waals surface area contributed by atoms with Gasteiger partial charge in [0.1, 0.15) is 5.69 Å². The van der Waals surface area contributed by atoms with Crippen molar-refractivity contribution in [3.05, 3.63) is 49.5 Å². The van der Waals surface area contributed by atoms with Crippen LogP contribution < -0.4 is 5.56 Å². The Morgan fingerprint density at radius 1 is 1.04 bits per heavy atom. The summed E-state index contributed by atoms with van der Waals surface area (Å²) < 4.78 is 0.578. The number of nitrogens with zero attached hydrogens (tertiary/aromatic N) is 3. The van der Waals surface area contributed by atoms with Crippen molar-refractivity contribution in [2.45, 2.75) is 6.42 Å². The van der Waals surface area contributed by atoms with Gasteiger partial charge < -0.3 is 9.80 Å². The van der Waals surface area contributed by atoms with Crippen molar-refractivity contribution in [2.24, 2.45) is 0 Å². The molecule has 24 heavy (non-hydrogen) atoms. The number of rotatable bonds is 2. The number of carbonyl (C=O) groups is 2. The summed E-state index contributed by atoms with van der Waals surface area (Å²) >= 11 is 7.13. The highest BCUT2D eigenvalue weighted by atomic mass is 35.5. The summed E-state index contributed by atoms with van der Waals surface area (Å²) in [5.74, 6) is -0.317. The minimum Gasteiger partial charge on any atom is -0.336 e. The first-order valence-electron chi connectivity index (χ1n) is 7.44. The topological polar surface area (TPSA) is 86.4 Å². The van der Waals surface area contributed by atoms with E-state index in [1.54, 1.807) is 21.9 Å². The second kappa shape index (κ2) is 7.14. The third kappa shape index (κ3) is 3.65. The smallest absolute Gasteiger partial charge is 0.274 e. The fourth-order valence-electron chi connectivity index (χ4n) is 2.53. The molecule has 1 aliphatic rings. The molecule has 3 rings (SSSR count). The molecule has 3 heterocycles. The predicted octanol–water partition coefficient (Wildman–Crippen LogP) is 1.47. The molecule has 7 nitrogen and oxygen atoms in total. The van der Waals surface area contributed by atoms with E-state index in [-0.39, 0.29) is 23.1 Å². The standard InChI is InChI=1S/C15H15ClN4O3S/c16-12-4-3-11(24-12)15(23)20-7-1-6-19(8-9-20)14(22)10-2-5-13(21)18-17-10/h2-5H,1,6-9H2,(H,18,21). The molecule has 126 valence electrons. The molecule has 0 saturated carbocycles. The van der Waals surface area contributed by atoms with Crippen LogP contribution in [0, 0.1) is 0 Å². The first kappa shape index (κ1) is 16.7. The number of nitrogens with one attached hydrogen (secondary N) is 1. The van der Waals surface area contributed by atoms with Gasteiger partial charge in [0.15, 0.2) is 0 Å². The Bertz CT molecular complexity index is 799. The Morgan fingerprint density at radius 3 is 2.33 bits per heavy atom. The number of H-pyrrole nitrogens is 1. The highest BCUT2D eigenvalue weighted by Gasteiger charge is 2.24. The van der Waals surface area contributed by atoms with Gasteiger partial charge in [0.25, 0.3) is 17.4 Å². The van der Waals surface area contributed by atoms with Gasteiger partial charge in [-0.3, -0.25) is 14.4 Å². The summed E-state index contributed by atoms with van der Waals surface area (Å²) in [4.78, 5) is 39.9. The van der Waals surface area contributed by atoms with Crippen molar-refractivity contribution in [3.8, 4) is 0 Å². The molecule has 0 atom stereocenters. The van der Waals surface area contributed by atoms with Gasteiger partial charge >= 0.3 is 0 Å². The van der Waals surface area contributed by atoms with Crippen LogP contribution in [0.25, 0.3) is 0 Å². The zero-order valence-electron chi connectivity index (χ0n) is 12.7. The average molecular weight is 367 g/mol. The van der Waals surface area contributed by atoms with E-state index in [9.17, 15) is 14.4 Å². The molecule has 9 heteroatoms. The Balaban J connectivity index is 1.66. The summed E-state index contributed by atoms with van der Waals surface area (Å²) in [6.45, 7) is 1.99. The van der Waals surface area contributed by atoms with Gasteiger partial charge in [-0.05, 0) is 24.6 Å².